The summed E-state index contributed by atoms with van der Waals surface area (Å²) in [4.78, 5) is 30.3. The number of nitrogens with one attached hydrogen (secondary N) is 1. The highest BCUT2D eigenvalue weighted by atomic mass is 16.5. The summed E-state index contributed by atoms with van der Waals surface area (Å²) in [6.45, 7) is 1.71. The first-order valence-corrected chi connectivity index (χ1v) is 5.40. The number of carboxylic acids is 1. The molecule has 0 saturated heterocycles. The number of hydrogen-bond acceptors (Lipinski definition) is 7. The van der Waals surface area contributed by atoms with Crippen LogP contribution in [0, 0.1) is 6.92 Å². The second kappa shape index (κ2) is 5.34. The topological polar surface area (TPSA) is 127 Å². The molecule has 2 heterocycles. The molecular formula is C11H10N4O5. The number of amides is 1. The number of carbonyl (C=O) groups excluding carboxylic acids is 1. The average Bonchev–Trinajstić information content (AvgIpc) is 2.87. The fraction of sp³-hybridized carbons (Fsp3) is 0.182. The number of rotatable bonds is 4. The summed E-state index contributed by atoms with van der Waals surface area (Å²) in [6, 6.07) is 2.60. The van der Waals surface area contributed by atoms with Crippen molar-refractivity contribution in [2.24, 2.45) is 0 Å². The summed E-state index contributed by atoms with van der Waals surface area (Å²) < 4.78 is 9.42. The van der Waals surface area contributed by atoms with Gasteiger partial charge in [-0.15, -0.1) is 0 Å². The number of aryl methyl sites for hydroxylation is 1. The molecule has 0 radical (unpaired) electrons. The Morgan fingerprint density at radius 1 is 1.35 bits per heavy atom. The molecule has 0 unspecified atom stereocenters. The molecule has 9 nitrogen and oxygen atoms in total. The zero-order chi connectivity index (χ0) is 14.7. The van der Waals surface area contributed by atoms with E-state index in [0.29, 0.717) is 11.6 Å². The maximum atomic E-state index is 11.8. The minimum absolute atomic E-state index is 0.0201. The van der Waals surface area contributed by atoms with Gasteiger partial charge in [0.25, 0.3) is 5.91 Å². The lowest BCUT2D eigenvalue weighted by molar-refractivity contribution is 0.0651. The number of aromatic nitrogens is 3. The molecule has 20 heavy (non-hydrogen) atoms. The Bertz CT molecular complexity index is 667. The zero-order valence-corrected chi connectivity index (χ0v) is 10.6. The number of methoxy groups -OCH3 is 1. The molecule has 9 heteroatoms. The summed E-state index contributed by atoms with van der Waals surface area (Å²) in [6.07, 6.45) is 0. The number of nitrogens with zero attached hydrogens (tertiary/aromatic N) is 3. The van der Waals surface area contributed by atoms with Crippen molar-refractivity contribution in [2.45, 2.75) is 6.92 Å². The van der Waals surface area contributed by atoms with Gasteiger partial charge < -0.3 is 14.4 Å². The van der Waals surface area contributed by atoms with Crippen LogP contribution in [0.25, 0.3) is 0 Å². The van der Waals surface area contributed by atoms with E-state index >= 15 is 0 Å². The van der Waals surface area contributed by atoms with Crippen LogP contribution in [-0.2, 0) is 0 Å². The summed E-state index contributed by atoms with van der Waals surface area (Å²) in [7, 11) is 1.43. The van der Waals surface area contributed by atoms with E-state index in [-0.39, 0.29) is 11.6 Å². The second-order valence-electron chi connectivity index (χ2n) is 3.71. The van der Waals surface area contributed by atoms with Crippen molar-refractivity contribution in [2.75, 3.05) is 12.4 Å². The van der Waals surface area contributed by atoms with Crippen molar-refractivity contribution in [3.05, 3.63) is 29.3 Å². The van der Waals surface area contributed by atoms with Crippen molar-refractivity contribution in [1.82, 2.24) is 15.1 Å². The average molecular weight is 278 g/mol. The van der Waals surface area contributed by atoms with Gasteiger partial charge in [-0.2, -0.15) is 4.98 Å². The quantitative estimate of drug-likeness (QED) is 0.837. The molecule has 2 rings (SSSR count). The molecule has 0 bridgehead atoms. The molecule has 0 saturated carbocycles. The van der Waals surface area contributed by atoms with Crippen molar-refractivity contribution in [3.8, 4) is 5.88 Å². The van der Waals surface area contributed by atoms with E-state index in [9.17, 15) is 9.59 Å². The summed E-state index contributed by atoms with van der Waals surface area (Å²) >= 11 is 0. The number of ether oxygens (including phenoxy) is 1. The maximum absolute atomic E-state index is 11.8. The lowest BCUT2D eigenvalue weighted by Crippen LogP contribution is -2.15. The van der Waals surface area contributed by atoms with Gasteiger partial charge in [0.15, 0.2) is 5.69 Å². The predicted molar refractivity (Wildman–Crippen MR) is 64.7 cm³/mol. The summed E-state index contributed by atoms with van der Waals surface area (Å²) in [5.74, 6) is -2.12. The Kier molecular flexibility index (Phi) is 3.60. The Hall–Kier alpha value is -2.97. The van der Waals surface area contributed by atoms with Gasteiger partial charge in [0, 0.05) is 17.8 Å². The Morgan fingerprint density at radius 2 is 2.10 bits per heavy atom. The highest BCUT2D eigenvalue weighted by Gasteiger charge is 2.17. The normalized spacial score (nSPS) is 10.1. The molecule has 0 aliphatic rings. The lowest BCUT2D eigenvalue weighted by Gasteiger charge is -2.04. The van der Waals surface area contributed by atoms with Gasteiger partial charge in [-0.25, -0.2) is 9.78 Å². The minimum atomic E-state index is -1.31. The lowest BCUT2D eigenvalue weighted by atomic mass is 10.3. The van der Waals surface area contributed by atoms with Crippen molar-refractivity contribution >= 4 is 17.8 Å². The van der Waals surface area contributed by atoms with Gasteiger partial charge in [-0.1, -0.05) is 5.16 Å². The van der Waals surface area contributed by atoms with E-state index in [1.807, 2.05) is 0 Å². The van der Waals surface area contributed by atoms with Crippen LogP contribution >= 0.6 is 0 Å². The standard InChI is InChI=1S/C11H10N4O5/c1-5-3-8(19-2)13-11(12-5)14-9(16)6-4-7(10(17)18)20-15-6/h3-4H,1-2H3,(H,17,18)(H,12,13,14,16). The van der Waals surface area contributed by atoms with E-state index in [2.05, 4.69) is 25.0 Å². The number of carboxylic acid groups (broad SMARTS) is 1. The number of hydrogen-bond donors (Lipinski definition) is 2. The zero-order valence-electron chi connectivity index (χ0n) is 10.6. The Balaban J connectivity index is 2.18. The van der Waals surface area contributed by atoms with Gasteiger partial charge >= 0.3 is 5.97 Å². The van der Waals surface area contributed by atoms with Crippen molar-refractivity contribution in [3.63, 3.8) is 0 Å². The monoisotopic (exact) mass is 278 g/mol. The van der Waals surface area contributed by atoms with E-state index in [1.54, 1.807) is 13.0 Å². The first kappa shape index (κ1) is 13.5. The minimum Gasteiger partial charge on any atom is -0.481 e. The summed E-state index contributed by atoms with van der Waals surface area (Å²) in [5.41, 5.74) is 0.407. The van der Waals surface area contributed by atoms with Crippen LogP contribution in [0.4, 0.5) is 5.95 Å². The van der Waals surface area contributed by atoms with Crippen LogP contribution in [0.2, 0.25) is 0 Å². The van der Waals surface area contributed by atoms with Crippen LogP contribution in [0.3, 0.4) is 0 Å². The molecular weight excluding hydrogens is 268 g/mol. The smallest absolute Gasteiger partial charge is 0.374 e. The number of carbonyl (C=O) groups is 2. The first-order chi connectivity index (χ1) is 9.49. The van der Waals surface area contributed by atoms with E-state index in [4.69, 9.17) is 9.84 Å². The molecule has 0 aromatic carbocycles. The van der Waals surface area contributed by atoms with E-state index < -0.39 is 17.6 Å². The van der Waals surface area contributed by atoms with Crippen molar-refractivity contribution < 1.29 is 24.0 Å². The molecule has 0 aliphatic heterocycles. The molecule has 0 fully saturated rings. The maximum Gasteiger partial charge on any atom is 0.374 e. The van der Waals surface area contributed by atoms with Gasteiger partial charge in [0.2, 0.25) is 17.6 Å². The van der Waals surface area contributed by atoms with E-state index in [1.165, 1.54) is 7.11 Å². The van der Waals surface area contributed by atoms with E-state index in [0.717, 1.165) is 6.07 Å². The molecule has 2 aromatic rings. The highest BCUT2D eigenvalue weighted by Crippen LogP contribution is 2.12. The summed E-state index contributed by atoms with van der Waals surface area (Å²) in [5, 5.41) is 14.4. The van der Waals surface area contributed by atoms with Crippen LogP contribution in [0.5, 0.6) is 5.88 Å². The Labute approximate surface area is 112 Å². The molecule has 0 spiro atoms. The van der Waals surface area contributed by atoms with Crippen LogP contribution in [0.1, 0.15) is 26.7 Å². The van der Waals surface area contributed by atoms with Gasteiger partial charge in [-0.05, 0) is 6.92 Å². The molecule has 0 aliphatic carbocycles. The Morgan fingerprint density at radius 3 is 2.70 bits per heavy atom. The highest BCUT2D eigenvalue weighted by molar-refractivity contribution is 6.02. The van der Waals surface area contributed by atoms with Gasteiger partial charge in [-0.3, -0.25) is 10.1 Å². The predicted octanol–water partition coefficient (Wildman–Crippen LogP) is 0.732. The third-order valence-corrected chi connectivity index (χ3v) is 2.22. The molecule has 2 aromatic heterocycles. The molecule has 0 atom stereocenters. The third-order valence-electron chi connectivity index (χ3n) is 2.22. The molecule has 2 N–H and O–H groups in total. The SMILES string of the molecule is COc1cc(C)nc(NC(=O)c2cc(C(=O)O)on2)n1. The number of anilines is 1. The van der Waals surface area contributed by atoms with Crippen molar-refractivity contribution in [1.29, 1.82) is 0 Å². The van der Waals surface area contributed by atoms with Crippen LogP contribution < -0.4 is 10.1 Å². The largest absolute Gasteiger partial charge is 0.481 e. The van der Waals surface area contributed by atoms with Gasteiger partial charge in [0.05, 0.1) is 7.11 Å². The number of aromatic carboxylic acids is 1. The third kappa shape index (κ3) is 2.88. The second-order valence-corrected chi connectivity index (χ2v) is 3.71. The molecule has 104 valence electrons. The molecule has 1 amide bonds. The first-order valence-electron chi connectivity index (χ1n) is 5.40. The van der Waals surface area contributed by atoms with Crippen LogP contribution in [0.15, 0.2) is 16.7 Å². The van der Waals surface area contributed by atoms with Crippen LogP contribution in [-0.4, -0.2) is 39.2 Å². The fourth-order valence-corrected chi connectivity index (χ4v) is 1.35. The van der Waals surface area contributed by atoms with Gasteiger partial charge in [0.1, 0.15) is 0 Å². The fourth-order valence-electron chi connectivity index (χ4n) is 1.35.